The maximum absolute atomic E-state index is 13.7. The van der Waals surface area contributed by atoms with E-state index < -0.39 is 0 Å². The molecular formula is C34H34N2O4. The summed E-state index contributed by atoms with van der Waals surface area (Å²) in [6.45, 7) is 3.01. The molecule has 0 bridgehead atoms. The molecule has 1 fully saturated rings. The van der Waals surface area contributed by atoms with Crippen LogP contribution in [0, 0.1) is 12.8 Å². The summed E-state index contributed by atoms with van der Waals surface area (Å²) in [5.41, 5.74) is 5.37. The van der Waals surface area contributed by atoms with E-state index in [9.17, 15) is 9.59 Å². The number of furan rings is 1. The number of benzene rings is 3. The van der Waals surface area contributed by atoms with E-state index in [4.69, 9.17) is 9.15 Å². The number of nitrogens with one attached hydrogen (secondary N) is 1. The number of aryl methyl sites for hydroxylation is 1. The third-order valence-corrected chi connectivity index (χ3v) is 7.99. The van der Waals surface area contributed by atoms with Crippen molar-refractivity contribution in [2.75, 3.05) is 11.9 Å². The highest BCUT2D eigenvalue weighted by molar-refractivity contribution is 6.02. The molecule has 2 amide bonds. The number of ether oxygens (including phenoxy) is 1. The van der Waals surface area contributed by atoms with Crippen molar-refractivity contribution in [1.82, 2.24) is 4.90 Å². The minimum atomic E-state index is -0.306. The Balaban J connectivity index is 1.21. The van der Waals surface area contributed by atoms with Gasteiger partial charge >= 0.3 is 0 Å². The number of rotatable bonds is 7. The monoisotopic (exact) mass is 534 g/mol. The first kappa shape index (κ1) is 25.9. The van der Waals surface area contributed by atoms with Crippen molar-refractivity contribution in [2.45, 2.75) is 51.7 Å². The van der Waals surface area contributed by atoms with Crippen LogP contribution in [-0.2, 0) is 17.8 Å². The molecule has 1 aromatic heterocycles. The Morgan fingerprint density at radius 1 is 0.950 bits per heavy atom. The summed E-state index contributed by atoms with van der Waals surface area (Å²) in [5, 5.41) is 2.83. The highest BCUT2D eigenvalue weighted by Gasteiger charge is 2.36. The Bertz CT molecular complexity index is 1500. The van der Waals surface area contributed by atoms with Crippen molar-refractivity contribution in [2.24, 2.45) is 5.92 Å². The molecule has 6 heteroatoms. The molecule has 0 spiro atoms. The zero-order valence-corrected chi connectivity index (χ0v) is 22.8. The van der Waals surface area contributed by atoms with Gasteiger partial charge in [0.2, 0.25) is 5.91 Å². The number of carbonyl (C=O) groups is 2. The topological polar surface area (TPSA) is 71.8 Å². The Morgan fingerprint density at radius 3 is 2.58 bits per heavy atom. The fourth-order valence-corrected chi connectivity index (χ4v) is 5.97. The van der Waals surface area contributed by atoms with Gasteiger partial charge in [-0.3, -0.25) is 9.59 Å². The lowest BCUT2D eigenvalue weighted by Gasteiger charge is -2.39. The molecule has 4 aromatic rings. The van der Waals surface area contributed by atoms with Crippen molar-refractivity contribution in [1.29, 1.82) is 0 Å². The number of amides is 2. The first-order valence-corrected chi connectivity index (χ1v) is 14.1. The maximum atomic E-state index is 13.7. The van der Waals surface area contributed by atoms with Gasteiger partial charge in [0, 0.05) is 18.2 Å². The Labute approximate surface area is 235 Å². The van der Waals surface area contributed by atoms with Crippen LogP contribution in [0.25, 0.3) is 0 Å². The average molecular weight is 535 g/mol. The summed E-state index contributed by atoms with van der Waals surface area (Å²) in [4.78, 5) is 28.4. The van der Waals surface area contributed by atoms with E-state index in [-0.39, 0.29) is 36.1 Å². The number of para-hydroxylation sites is 1. The normalized spacial score (nSPS) is 16.9. The zero-order valence-electron chi connectivity index (χ0n) is 22.8. The highest BCUT2D eigenvalue weighted by atomic mass is 16.5. The second-order valence-corrected chi connectivity index (χ2v) is 10.8. The smallest absolute Gasteiger partial charge is 0.291 e. The van der Waals surface area contributed by atoms with Gasteiger partial charge in [0.15, 0.2) is 5.76 Å². The molecule has 2 heterocycles. The van der Waals surface area contributed by atoms with Crippen LogP contribution in [0.15, 0.2) is 89.3 Å². The van der Waals surface area contributed by atoms with Crippen LogP contribution in [0.3, 0.4) is 0 Å². The lowest BCUT2D eigenvalue weighted by atomic mass is 9.86. The Morgan fingerprint density at radius 2 is 1.77 bits per heavy atom. The molecule has 1 saturated carbocycles. The molecular weight excluding hydrogens is 500 g/mol. The molecule has 0 saturated heterocycles. The van der Waals surface area contributed by atoms with Gasteiger partial charge in [0.25, 0.3) is 5.91 Å². The molecule has 1 aliphatic carbocycles. The van der Waals surface area contributed by atoms with E-state index in [2.05, 4.69) is 53.5 Å². The minimum absolute atomic E-state index is 0.125. The van der Waals surface area contributed by atoms with Crippen molar-refractivity contribution in [3.63, 3.8) is 0 Å². The largest absolute Gasteiger partial charge is 0.486 e. The highest BCUT2D eigenvalue weighted by Crippen LogP contribution is 2.40. The van der Waals surface area contributed by atoms with Crippen LogP contribution in [0.5, 0.6) is 5.75 Å². The van der Waals surface area contributed by atoms with Gasteiger partial charge in [-0.2, -0.15) is 0 Å². The predicted molar refractivity (Wildman–Crippen MR) is 154 cm³/mol. The summed E-state index contributed by atoms with van der Waals surface area (Å²) in [5.74, 6) is 1.59. The van der Waals surface area contributed by atoms with E-state index in [1.54, 1.807) is 12.1 Å². The summed E-state index contributed by atoms with van der Waals surface area (Å²) in [7, 11) is 0. The summed E-state index contributed by atoms with van der Waals surface area (Å²) < 4.78 is 11.9. The van der Waals surface area contributed by atoms with Gasteiger partial charge in [-0.1, -0.05) is 66.9 Å². The van der Waals surface area contributed by atoms with Gasteiger partial charge < -0.3 is 19.4 Å². The molecule has 40 heavy (non-hydrogen) atoms. The van der Waals surface area contributed by atoms with Gasteiger partial charge in [-0.05, 0) is 79.3 Å². The molecule has 2 aliphatic rings. The number of carbonyl (C=O) groups excluding carboxylic acids is 2. The second-order valence-electron chi connectivity index (χ2n) is 10.8. The Kier molecular flexibility index (Phi) is 7.41. The molecule has 6 nitrogen and oxygen atoms in total. The van der Waals surface area contributed by atoms with Crippen molar-refractivity contribution in [3.8, 4) is 5.75 Å². The number of hydrogen-bond donors (Lipinski definition) is 1. The number of hydrogen-bond acceptors (Lipinski definition) is 4. The lowest BCUT2D eigenvalue weighted by Crippen LogP contribution is -2.43. The lowest BCUT2D eigenvalue weighted by molar-refractivity contribution is -0.137. The summed E-state index contributed by atoms with van der Waals surface area (Å²) in [6.07, 6.45) is 5.07. The van der Waals surface area contributed by atoms with E-state index in [0.717, 1.165) is 49.8 Å². The van der Waals surface area contributed by atoms with Gasteiger partial charge in [-0.15, -0.1) is 0 Å². The van der Waals surface area contributed by atoms with Crippen LogP contribution in [0.4, 0.5) is 5.69 Å². The van der Waals surface area contributed by atoms with E-state index >= 15 is 0 Å². The van der Waals surface area contributed by atoms with Crippen LogP contribution < -0.4 is 10.1 Å². The van der Waals surface area contributed by atoms with Crippen molar-refractivity contribution >= 4 is 17.5 Å². The van der Waals surface area contributed by atoms with Crippen LogP contribution >= 0.6 is 0 Å². The fraction of sp³-hybridized carbons (Fsp3) is 0.294. The molecule has 3 aromatic carbocycles. The first-order chi connectivity index (χ1) is 19.5. The first-order valence-electron chi connectivity index (χ1n) is 14.1. The van der Waals surface area contributed by atoms with Gasteiger partial charge in [0.1, 0.15) is 18.1 Å². The third kappa shape index (κ3) is 5.53. The molecule has 0 radical (unpaired) electrons. The standard InChI is InChI=1S/C34H34N2O4/c1-23-8-7-11-26(20-23)32-30-21-28(15-14-24(30)18-19-36(32)34(38)25-9-5-6-10-25)39-22-29-16-17-31(40-29)33(37)35-27-12-3-2-4-13-27/h2-4,7-8,11-17,20-21,25,32H,5-6,9-10,18-19,22H2,1H3,(H,35,37). The quantitative estimate of drug-likeness (QED) is 0.275. The third-order valence-electron chi connectivity index (χ3n) is 7.99. The maximum Gasteiger partial charge on any atom is 0.291 e. The van der Waals surface area contributed by atoms with Crippen LogP contribution in [0.1, 0.15) is 70.3 Å². The van der Waals surface area contributed by atoms with E-state index in [1.165, 1.54) is 11.1 Å². The minimum Gasteiger partial charge on any atom is -0.486 e. The average Bonchev–Trinajstić information content (AvgIpc) is 3.69. The van der Waals surface area contributed by atoms with Gasteiger partial charge in [-0.25, -0.2) is 0 Å². The number of anilines is 1. The molecule has 1 unspecified atom stereocenters. The van der Waals surface area contributed by atoms with Crippen LogP contribution in [0.2, 0.25) is 0 Å². The molecule has 204 valence electrons. The second kappa shape index (κ2) is 11.4. The van der Waals surface area contributed by atoms with E-state index in [0.29, 0.717) is 17.2 Å². The Hall–Kier alpha value is -4.32. The van der Waals surface area contributed by atoms with Crippen molar-refractivity contribution < 1.29 is 18.7 Å². The SMILES string of the molecule is Cc1cccc(C2c3cc(OCc4ccc(C(=O)Nc5ccccc5)o4)ccc3CCN2C(=O)C2CCCC2)c1. The van der Waals surface area contributed by atoms with E-state index in [1.807, 2.05) is 36.4 Å². The zero-order chi connectivity index (χ0) is 27.5. The molecule has 1 atom stereocenters. The molecule has 1 N–H and O–H groups in total. The molecule has 1 aliphatic heterocycles. The molecule has 6 rings (SSSR count). The summed E-state index contributed by atoms with van der Waals surface area (Å²) in [6, 6.07) is 27.2. The number of fused-ring (bicyclic) bond motifs is 1. The van der Waals surface area contributed by atoms with Gasteiger partial charge in [0.05, 0.1) is 6.04 Å². The fourth-order valence-electron chi connectivity index (χ4n) is 5.97. The van der Waals surface area contributed by atoms with Crippen molar-refractivity contribution in [3.05, 3.63) is 119 Å². The summed E-state index contributed by atoms with van der Waals surface area (Å²) >= 11 is 0. The predicted octanol–water partition coefficient (Wildman–Crippen LogP) is 7.08. The van der Waals surface area contributed by atoms with Crippen LogP contribution in [-0.4, -0.2) is 23.3 Å². The number of nitrogens with zero attached hydrogens (tertiary/aromatic N) is 1.